The predicted octanol–water partition coefficient (Wildman–Crippen LogP) is 5.52. The highest BCUT2D eigenvalue weighted by Crippen LogP contribution is 2.31. The smallest absolute Gasteiger partial charge is 0.256 e. The van der Waals surface area contributed by atoms with Gasteiger partial charge < -0.3 is 5.32 Å². The molecule has 3 aromatic carbocycles. The van der Waals surface area contributed by atoms with Crippen molar-refractivity contribution in [3.05, 3.63) is 102 Å². The van der Waals surface area contributed by atoms with E-state index in [4.69, 9.17) is 0 Å². The highest BCUT2D eigenvalue weighted by molar-refractivity contribution is 7.90. The van der Waals surface area contributed by atoms with E-state index in [1.807, 2.05) is 24.3 Å². The average Bonchev–Trinajstić information content (AvgIpc) is 2.80. The summed E-state index contributed by atoms with van der Waals surface area (Å²) in [6, 6.07) is 21.4. The maximum Gasteiger partial charge on any atom is 0.256 e. The molecule has 0 unspecified atom stereocenters. The molecular weight excluding hydrogens is 439 g/mol. The number of halogens is 1. The van der Waals surface area contributed by atoms with Crippen molar-refractivity contribution in [3.8, 4) is 22.4 Å². The molecule has 1 amide bonds. The second-order valence-corrected chi connectivity index (χ2v) is 9.73. The minimum absolute atomic E-state index is 0.00658. The largest absolute Gasteiger partial charge is 0.322 e. The normalized spacial score (nSPS) is 11.2. The third kappa shape index (κ3) is 4.99. The first-order chi connectivity index (χ1) is 15.7. The van der Waals surface area contributed by atoms with E-state index in [9.17, 15) is 17.6 Å². The summed E-state index contributed by atoms with van der Waals surface area (Å²) in [5, 5.41) is 2.83. The molecule has 1 N–H and O–H groups in total. The number of carbonyl (C=O) groups excluding carboxylic acids is 1. The summed E-state index contributed by atoms with van der Waals surface area (Å²) >= 11 is 0. The number of nitrogens with one attached hydrogen (secondary N) is 1. The van der Waals surface area contributed by atoms with Crippen LogP contribution in [0.4, 0.5) is 10.1 Å². The van der Waals surface area contributed by atoms with Gasteiger partial charge in [0.25, 0.3) is 5.91 Å². The van der Waals surface area contributed by atoms with E-state index in [1.165, 1.54) is 24.3 Å². The van der Waals surface area contributed by atoms with Gasteiger partial charge in [0.15, 0.2) is 9.84 Å². The van der Waals surface area contributed by atoms with E-state index in [2.05, 4.69) is 10.3 Å². The lowest BCUT2D eigenvalue weighted by Gasteiger charge is -2.14. The average molecular weight is 461 g/mol. The topological polar surface area (TPSA) is 76.1 Å². The number of benzene rings is 3. The second-order valence-electron chi connectivity index (χ2n) is 7.71. The van der Waals surface area contributed by atoms with Crippen LogP contribution >= 0.6 is 0 Å². The maximum atomic E-state index is 14.7. The Hall–Kier alpha value is -3.84. The monoisotopic (exact) mass is 460 g/mol. The molecule has 4 aromatic rings. The molecule has 0 radical (unpaired) electrons. The highest BCUT2D eigenvalue weighted by atomic mass is 32.2. The van der Waals surface area contributed by atoms with Crippen LogP contribution < -0.4 is 5.32 Å². The number of sulfone groups is 1. The Morgan fingerprint density at radius 2 is 1.73 bits per heavy atom. The molecule has 0 atom stereocenters. The Balaban J connectivity index is 1.76. The lowest BCUT2D eigenvalue weighted by Crippen LogP contribution is -2.14. The molecule has 0 aliphatic heterocycles. The van der Waals surface area contributed by atoms with Crippen molar-refractivity contribution in [1.29, 1.82) is 0 Å². The van der Waals surface area contributed by atoms with E-state index in [-0.39, 0.29) is 21.6 Å². The van der Waals surface area contributed by atoms with Gasteiger partial charge in [-0.3, -0.25) is 9.78 Å². The first-order valence-electron chi connectivity index (χ1n) is 10.2. The van der Waals surface area contributed by atoms with Crippen LogP contribution in [0.25, 0.3) is 22.4 Å². The van der Waals surface area contributed by atoms with Gasteiger partial charge in [0.2, 0.25) is 0 Å². The van der Waals surface area contributed by atoms with Crippen LogP contribution in [0.1, 0.15) is 15.9 Å². The highest BCUT2D eigenvalue weighted by Gasteiger charge is 2.19. The van der Waals surface area contributed by atoms with Crippen molar-refractivity contribution < 1.29 is 17.6 Å². The number of amides is 1. The number of rotatable bonds is 5. The van der Waals surface area contributed by atoms with Crippen LogP contribution in [0.15, 0.2) is 90.0 Å². The molecule has 0 spiro atoms. The molecule has 0 aliphatic rings. The zero-order valence-corrected chi connectivity index (χ0v) is 18.9. The Kier molecular flexibility index (Phi) is 6.07. The van der Waals surface area contributed by atoms with Crippen LogP contribution in [0.5, 0.6) is 0 Å². The van der Waals surface area contributed by atoms with Gasteiger partial charge in [-0.1, -0.05) is 29.8 Å². The lowest BCUT2D eigenvalue weighted by molar-refractivity contribution is 0.102. The van der Waals surface area contributed by atoms with Crippen molar-refractivity contribution in [2.75, 3.05) is 11.6 Å². The summed E-state index contributed by atoms with van der Waals surface area (Å²) in [5.74, 6) is -1.03. The second kappa shape index (κ2) is 8.96. The Morgan fingerprint density at radius 3 is 2.45 bits per heavy atom. The van der Waals surface area contributed by atoms with Crippen LogP contribution in [0.3, 0.4) is 0 Å². The van der Waals surface area contributed by atoms with Crippen LogP contribution in [-0.2, 0) is 9.84 Å². The fourth-order valence-corrected chi connectivity index (χ4v) is 4.16. The van der Waals surface area contributed by atoms with Gasteiger partial charge in [0.1, 0.15) is 5.82 Å². The molecular formula is C26H21FN2O3S. The SMILES string of the molecule is Cc1ccc(F)c(-c2cc(S(C)(=O)=O)ccc2C(=O)Nc2cccc(-c3ccccn3)c2)c1. The molecule has 0 aliphatic carbocycles. The maximum absolute atomic E-state index is 14.7. The van der Waals surface area contributed by atoms with Crippen molar-refractivity contribution >= 4 is 21.4 Å². The third-order valence-corrected chi connectivity index (χ3v) is 6.27. The molecule has 0 saturated carbocycles. The number of hydrogen-bond donors (Lipinski definition) is 1. The molecule has 7 heteroatoms. The molecule has 0 bridgehead atoms. The van der Waals surface area contributed by atoms with Gasteiger partial charge in [-0.05, 0) is 67.1 Å². The number of nitrogens with zero attached hydrogens (tertiary/aromatic N) is 1. The molecule has 33 heavy (non-hydrogen) atoms. The summed E-state index contributed by atoms with van der Waals surface area (Å²) < 4.78 is 38.9. The molecule has 0 fully saturated rings. The van der Waals surface area contributed by atoms with Crippen molar-refractivity contribution in [2.24, 2.45) is 0 Å². The number of aryl methyl sites for hydroxylation is 1. The van der Waals surface area contributed by atoms with Gasteiger partial charge in [0.05, 0.1) is 10.6 Å². The predicted molar refractivity (Wildman–Crippen MR) is 127 cm³/mol. The molecule has 1 aromatic heterocycles. The zero-order valence-electron chi connectivity index (χ0n) is 18.0. The standard InChI is InChI=1S/C26H21FN2O3S/c1-17-9-12-24(27)23(14-17)22-16-20(33(2,31)32)10-11-21(22)26(30)29-19-7-5-6-18(15-19)25-8-3-4-13-28-25/h3-16H,1-2H3,(H,29,30). The molecule has 4 rings (SSSR count). The quantitative estimate of drug-likeness (QED) is 0.426. The van der Waals surface area contributed by atoms with Gasteiger partial charge in [0, 0.05) is 34.8 Å². The van der Waals surface area contributed by atoms with Crippen molar-refractivity contribution in [2.45, 2.75) is 11.8 Å². The van der Waals surface area contributed by atoms with Crippen LogP contribution in [0, 0.1) is 12.7 Å². The minimum atomic E-state index is -3.55. The van der Waals surface area contributed by atoms with Crippen molar-refractivity contribution in [1.82, 2.24) is 4.98 Å². The minimum Gasteiger partial charge on any atom is -0.322 e. The fraction of sp³-hybridized carbons (Fsp3) is 0.0769. The molecule has 0 saturated heterocycles. The van der Waals surface area contributed by atoms with Crippen LogP contribution in [0.2, 0.25) is 0 Å². The molecule has 5 nitrogen and oxygen atoms in total. The molecule has 1 heterocycles. The summed E-state index contributed by atoms with van der Waals surface area (Å²) in [6.45, 7) is 1.80. The van der Waals surface area contributed by atoms with Gasteiger partial charge in [-0.15, -0.1) is 0 Å². The first-order valence-corrected chi connectivity index (χ1v) is 12.0. The fourth-order valence-electron chi connectivity index (χ4n) is 3.51. The number of hydrogen-bond acceptors (Lipinski definition) is 4. The Morgan fingerprint density at radius 1 is 0.909 bits per heavy atom. The zero-order chi connectivity index (χ0) is 23.6. The Bertz CT molecular complexity index is 1450. The van der Waals surface area contributed by atoms with Crippen molar-refractivity contribution in [3.63, 3.8) is 0 Å². The lowest BCUT2D eigenvalue weighted by atomic mass is 9.97. The summed E-state index contributed by atoms with van der Waals surface area (Å²) in [7, 11) is -3.55. The number of carbonyl (C=O) groups is 1. The third-order valence-electron chi connectivity index (χ3n) is 5.16. The Labute approximate surface area is 191 Å². The van der Waals surface area contributed by atoms with Gasteiger partial charge in [-0.25, -0.2) is 12.8 Å². The summed E-state index contributed by atoms with van der Waals surface area (Å²) in [5.41, 5.74) is 3.43. The van der Waals surface area contributed by atoms with E-state index in [1.54, 1.807) is 43.5 Å². The first kappa shape index (κ1) is 22.4. The van der Waals surface area contributed by atoms with E-state index in [0.717, 1.165) is 23.1 Å². The number of anilines is 1. The van der Waals surface area contributed by atoms with Gasteiger partial charge in [-0.2, -0.15) is 0 Å². The number of aromatic nitrogens is 1. The van der Waals surface area contributed by atoms with E-state index in [0.29, 0.717) is 5.69 Å². The van der Waals surface area contributed by atoms with Crippen LogP contribution in [-0.4, -0.2) is 25.6 Å². The number of pyridine rings is 1. The van der Waals surface area contributed by atoms with Gasteiger partial charge >= 0.3 is 0 Å². The molecule has 166 valence electrons. The summed E-state index contributed by atoms with van der Waals surface area (Å²) in [6.07, 6.45) is 2.76. The van der Waals surface area contributed by atoms with E-state index >= 15 is 0 Å². The van der Waals surface area contributed by atoms with E-state index < -0.39 is 21.6 Å². The summed E-state index contributed by atoms with van der Waals surface area (Å²) in [4.78, 5) is 17.5.